The summed E-state index contributed by atoms with van der Waals surface area (Å²) in [6.07, 6.45) is 0. The van der Waals surface area contributed by atoms with Crippen LogP contribution >= 0.6 is 0 Å². The summed E-state index contributed by atoms with van der Waals surface area (Å²) in [5.74, 6) is -0.361. The van der Waals surface area contributed by atoms with Gasteiger partial charge < -0.3 is 10.1 Å². The normalized spacial score (nSPS) is 17.4. The highest BCUT2D eigenvalue weighted by molar-refractivity contribution is 7.89. The van der Waals surface area contributed by atoms with E-state index in [0.29, 0.717) is 44.0 Å². The van der Waals surface area contributed by atoms with Gasteiger partial charge in [0.15, 0.2) is 0 Å². The average Bonchev–Trinajstić information content (AvgIpc) is 2.44. The fourth-order valence-electron chi connectivity index (χ4n) is 2.21. The molecule has 1 N–H and O–H groups in total. The maximum Gasteiger partial charge on any atom is 0.243 e. The second-order valence-electron chi connectivity index (χ2n) is 4.76. The molecule has 1 heterocycles. The zero-order chi connectivity index (χ0) is 14.8. The molecular formula is C13H19FN2O3S. The minimum absolute atomic E-state index is 0.142. The molecule has 5 nitrogen and oxygen atoms in total. The Morgan fingerprint density at radius 1 is 1.35 bits per heavy atom. The van der Waals surface area contributed by atoms with Crippen molar-refractivity contribution in [2.45, 2.75) is 18.4 Å². The molecule has 0 bridgehead atoms. The first-order valence-electron chi connectivity index (χ1n) is 6.48. The third-order valence-electron chi connectivity index (χ3n) is 3.28. The number of hydrogen-bond acceptors (Lipinski definition) is 4. The monoisotopic (exact) mass is 302 g/mol. The lowest BCUT2D eigenvalue weighted by Crippen LogP contribution is -2.40. The van der Waals surface area contributed by atoms with Crippen molar-refractivity contribution in [2.75, 3.05) is 33.4 Å². The van der Waals surface area contributed by atoms with E-state index >= 15 is 0 Å². The number of rotatable bonds is 4. The Bertz CT molecular complexity index is 584. The van der Waals surface area contributed by atoms with Crippen molar-refractivity contribution in [1.29, 1.82) is 0 Å². The van der Waals surface area contributed by atoms with E-state index in [1.807, 2.05) is 0 Å². The van der Waals surface area contributed by atoms with Gasteiger partial charge in [-0.1, -0.05) is 0 Å². The number of sulfonamides is 1. The molecule has 7 heteroatoms. The van der Waals surface area contributed by atoms with Gasteiger partial charge in [-0.3, -0.25) is 0 Å². The first-order chi connectivity index (χ1) is 9.46. The molecule has 2 rings (SSSR count). The lowest BCUT2D eigenvalue weighted by molar-refractivity contribution is 0.0730. The molecule has 1 fully saturated rings. The van der Waals surface area contributed by atoms with Gasteiger partial charge in [0.1, 0.15) is 5.82 Å². The molecule has 0 aliphatic carbocycles. The molecule has 1 saturated heterocycles. The first-order valence-corrected chi connectivity index (χ1v) is 7.92. The van der Waals surface area contributed by atoms with E-state index in [0.717, 1.165) is 0 Å². The minimum atomic E-state index is -3.58. The molecule has 0 radical (unpaired) electrons. The van der Waals surface area contributed by atoms with Crippen molar-refractivity contribution in [3.8, 4) is 0 Å². The van der Waals surface area contributed by atoms with Gasteiger partial charge in [-0.15, -0.1) is 0 Å². The molecule has 20 heavy (non-hydrogen) atoms. The van der Waals surface area contributed by atoms with Crippen LogP contribution in [0, 0.1) is 12.7 Å². The molecule has 112 valence electrons. The Balaban J connectivity index is 2.40. The Morgan fingerprint density at radius 2 is 2.00 bits per heavy atom. The predicted octanol–water partition coefficient (Wildman–Crippen LogP) is 0.874. The van der Waals surface area contributed by atoms with Gasteiger partial charge in [0.2, 0.25) is 10.0 Å². The molecule has 1 aliphatic heterocycles. The lowest BCUT2D eigenvalue weighted by Gasteiger charge is -2.26. The molecule has 0 aromatic heterocycles. The summed E-state index contributed by atoms with van der Waals surface area (Å²) >= 11 is 0. The quantitative estimate of drug-likeness (QED) is 0.897. The molecule has 1 aromatic rings. The van der Waals surface area contributed by atoms with E-state index in [4.69, 9.17) is 4.74 Å². The van der Waals surface area contributed by atoms with Crippen LogP contribution in [0.15, 0.2) is 17.0 Å². The number of nitrogens with one attached hydrogen (secondary N) is 1. The molecule has 0 unspecified atom stereocenters. The Kier molecular flexibility index (Phi) is 4.74. The number of hydrogen-bond donors (Lipinski definition) is 1. The van der Waals surface area contributed by atoms with Crippen molar-refractivity contribution in [1.82, 2.24) is 9.62 Å². The van der Waals surface area contributed by atoms with E-state index in [-0.39, 0.29) is 10.7 Å². The highest BCUT2D eigenvalue weighted by Gasteiger charge is 2.27. The average molecular weight is 302 g/mol. The van der Waals surface area contributed by atoms with Crippen LogP contribution in [0.1, 0.15) is 11.1 Å². The van der Waals surface area contributed by atoms with Gasteiger partial charge >= 0.3 is 0 Å². The second-order valence-corrected chi connectivity index (χ2v) is 6.70. The maximum atomic E-state index is 13.9. The lowest BCUT2D eigenvalue weighted by atomic mass is 10.1. The van der Waals surface area contributed by atoms with E-state index in [1.54, 1.807) is 14.0 Å². The van der Waals surface area contributed by atoms with Crippen molar-refractivity contribution in [2.24, 2.45) is 0 Å². The van der Waals surface area contributed by atoms with Crippen LogP contribution < -0.4 is 5.32 Å². The number of nitrogens with zero attached hydrogens (tertiary/aromatic N) is 1. The second kappa shape index (κ2) is 6.17. The highest BCUT2D eigenvalue weighted by Crippen LogP contribution is 2.23. The third-order valence-corrected chi connectivity index (χ3v) is 5.15. The van der Waals surface area contributed by atoms with Gasteiger partial charge in [0.05, 0.1) is 18.1 Å². The molecule has 0 atom stereocenters. The number of ether oxygens (including phenoxy) is 1. The molecule has 0 spiro atoms. The number of halogens is 1. The van der Waals surface area contributed by atoms with Gasteiger partial charge in [0, 0.05) is 25.2 Å². The van der Waals surface area contributed by atoms with E-state index in [9.17, 15) is 12.8 Å². The third kappa shape index (κ3) is 3.01. The van der Waals surface area contributed by atoms with Crippen LogP contribution in [-0.4, -0.2) is 46.1 Å². The fraction of sp³-hybridized carbons (Fsp3) is 0.538. The minimum Gasteiger partial charge on any atom is -0.379 e. The first kappa shape index (κ1) is 15.4. The Labute approximate surface area is 118 Å². The van der Waals surface area contributed by atoms with Gasteiger partial charge in [-0.25, -0.2) is 12.8 Å². The summed E-state index contributed by atoms with van der Waals surface area (Å²) in [5.41, 5.74) is 0.698. The SMILES string of the molecule is CNCc1cc(S(=O)(=O)N2CCOCC2)cc(C)c1F. The van der Waals surface area contributed by atoms with Crippen LogP contribution in [0.25, 0.3) is 0 Å². The Morgan fingerprint density at radius 3 is 2.60 bits per heavy atom. The topological polar surface area (TPSA) is 58.6 Å². The number of aryl methyl sites for hydroxylation is 1. The fourth-order valence-corrected chi connectivity index (χ4v) is 3.76. The summed E-state index contributed by atoms with van der Waals surface area (Å²) in [4.78, 5) is 0.142. The standard InChI is InChI=1S/C13H19FN2O3S/c1-10-7-12(8-11(9-15-2)13(10)14)20(17,18)16-3-5-19-6-4-16/h7-8,15H,3-6,9H2,1-2H3. The predicted molar refractivity (Wildman–Crippen MR) is 73.5 cm³/mol. The highest BCUT2D eigenvalue weighted by atomic mass is 32.2. The molecule has 0 saturated carbocycles. The number of benzene rings is 1. The van der Waals surface area contributed by atoms with E-state index in [2.05, 4.69) is 5.32 Å². The van der Waals surface area contributed by atoms with Crippen molar-refractivity contribution < 1.29 is 17.5 Å². The van der Waals surface area contributed by atoms with Crippen molar-refractivity contribution in [3.63, 3.8) is 0 Å². The number of morpholine rings is 1. The van der Waals surface area contributed by atoms with Crippen molar-refractivity contribution in [3.05, 3.63) is 29.1 Å². The van der Waals surface area contributed by atoms with Crippen LogP contribution in [0.4, 0.5) is 4.39 Å². The molecule has 0 amide bonds. The smallest absolute Gasteiger partial charge is 0.243 e. The zero-order valence-electron chi connectivity index (χ0n) is 11.6. The van der Waals surface area contributed by atoms with Crippen LogP contribution in [-0.2, 0) is 21.3 Å². The summed E-state index contributed by atoms with van der Waals surface area (Å²) in [6.45, 7) is 3.32. The van der Waals surface area contributed by atoms with Gasteiger partial charge in [-0.2, -0.15) is 4.31 Å². The Hall–Kier alpha value is -1.02. The molecule has 1 aliphatic rings. The summed E-state index contributed by atoms with van der Waals surface area (Å²) < 4.78 is 45.5. The van der Waals surface area contributed by atoms with Gasteiger partial charge in [0.25, 0.3) is 0 Å². The largest absolute Gasteiger partial charge is 0.379 e. The molecular weight excluding hydrogens is 283 g/mol. The summed E-state index contributed by atoms with van der Waals surface area (Å²) in [7, 11) is -1.89. The molecule has 1 aromatic carbocycles. The summed E-state index contributed by atoms with van der Waals surface area (Å²) in [6, 6.07) is 2.79. The maximum absolute atomic E-state index is 13.9. The zero-order valence-corrected chi connectivity index (χ0v) is 12.5. The van der Waals surface area contributed by atoms with Crippen LogP contribution in [0.3, 0.4) is 0 Å². The van der Waals surface area contributed by atoms with Crippen molar-refractivity contribution >= 4 is 10.0 Å². The van der Waals surface area contributed by atoms with E-state index in [1.165, 1.54) is 16.4 Å². The van der Waals surface area contributed by atoms with Crippen LogP contribution in [0.5, 0.6) is 0 Å². The van der Waals surface area contributed by atoms with Gasteiger partial charge in [-0.05, 0) is 31.7 Å². The summed E-state index contributed by atoms with van der Waals surface area (Å²) in [5, 5.41) is 2.84. The van der Waals surface area contributed by atoms with Crippen LogP contribution in [0.2, 0.25) is 0 Å². The van der Waals surface area contributed by atoms with E-state index < -0.39 is 10.0 Å².